The summed E-state index contributed by atoms with van der Waals surface area (Å²) in [5, 5.41) is 19.3. The minimum absolute atomic E-state index is 0.678. The van der Waals surface area contributed by atoms with Gasteiger partial charge in [-0.15, -0.1) is 0 Å². The molecule has 0 saturated carbocycles. The third-order valence-electron chi connectivity index (χ3n) is 3.87. The Bertz CT molecular complexity index is 743. The maximum atomic E-state index is 10.7. The average Bonchev–Trinajstić information content (AvgIpc) is 2.61. The Kier molecular flexibility index (Phi) is 4.23. The van der Waals surface area contributed by atoms with E-state index in [0.717, 1.165) is 16.9 Å². The van der Waals surface area contributed by atoms with Gasteiger partial charge in [0.05, 0.1) is 12.8 Å². The monoisotopic (exact) mass is 310 g/mol. The lowest BCUT2D eigenvalue weighted by Crippen LogP contribution is -2.37. The van der Waals surface area contributed by atoms with Crippen molar-refractivity contribution < 1.29 is 14.6 Å². The van der Waals surface area contributed by atoms with E-state index in [9.17, 15) is 5.11 Å². The van der Waals surface area contributed by atoms with Gasteiger partial charge in [0.2, 0.25) is 5.79 Å². The molecule has 0 aromatic heterocycles. The van der Waals surface area contributed by atoms with Gasteiger partial charge in [-0.1, -0.05) is 30.3 Å². The van der Waals surface area contributed by atoms with Crippen LogP contribution in [0, 0.1) is 0 Å². The quantitative estimate of drug-likeness (QED) is 0.688. The Morgan fingerprint density at radius 2 is 1.83 bits per heavy atom. The lowest BCUT2D eigenvalue weighted by Gasteiger charge is -2.33. The van der Waals surface area contributed by atoms with Gasteiger partial charge in [0.1, 0.15) is 5.75 Å². The Morgan fingerprint density at radius 3 is 2.52 bits per heavy atom. The second-order valence-electron chi connectivity index (χ2n) is 5.21. The summed E-state index contributed by atoms with van der Waals surface area (Å²) in [5.74, 6) is -0.825. The van der Waals surface area contributed by atoms with Gasteiger partial charge in [0.25, 0.3) is 0 Å². The second-order valence-corrected chi connectivity index (χ2v) is 5.21. The van der Waals surface area contributed by atoms with E-state index >= 15 is 0 Å². The number of nitrogens with zero attached hydrogens (tertiary/aromatic N) is 2. The highest BCUT2D eigenvalue weighted by Gasteiger charge is 2.40. The van der Waals surface area contributed by atoms with Gasteiger partial charge in [0, 0.05) is 12.7 Å². The van der Waals surface area contributed by atoms with Crippen molar-refractivity contribution in [2.75, 3.05) is 14.2 Å². The molecule has 0 aliphatic heterocycles. The van der Waals surface area contributed by atoms with Crippen LogP contribution in [0.1, 0.15) is 17.2 Å². The Hall–Kier alpha value is -2.50. The highest BCUT2D eigenvalue weighted by Crippen LogP contribution is 2.42. The summed E-state index contributed by atoms with van der Waals surface area (Å²) in [6.45, 7) is 0. The third-order valence-corrected chi connectivity index (χ3v) is 3.87. The van der Waals surface area contributed by atoms with Crippen molar-refractivity contribution in [2.45, 2.75) is 11.8 Å². The van der Waals surface area contributed by atoms with E-state index in [1.165, 1.54) is 7.11 Å². The number of azo groups is 1. The summed E-state index contributed by atoms with van der Waals surface area (Å²) < 4.78 is 10.7. The molecular formula is C18H18N2O3. The molecule has 2 unspecified atom stereocenters. The highest BCUT2D eigenvalue weighted by atomic mass is 16.6. The maximum absolute atomic E-state index is 10.7. The first kappa shape index (κ1) is 15.4. The third kappa shape index (κ3) is 2.88. The fourth-order valence-electron chi connectivity index (χ4n) is 2.62. The van der Waals surface area contributed by atoms with Crippen LogP contribution in [0.2, 0.25) is 0 Å². The van der Waals surface area contributed by atoms with Gasteiger partial charge >= 0.3 is 0 Å². The topological polar surface area (TPSA) is 63.4 Å². The molecule has 0 bridgehead atoms. The molecule has 1 aliphatic rings. The average molecular weight is 310 g/mol. The largest absolute Gasteiger partial charge is 0.496 e. The first-order valence-electron chi connectivity index (χ1n) is 7.27. The first-order chi connectivity index (χ1) is 11.2. The van der Waals surface area contributed by atoms with Gasteiger partial charge in [-0.05, 0) is 35.9 Å². The number of aliphatic hydroxyl groups is 1. The molecule has 2 aromatic rings. The lowest BCUT2D eigenvalue weighted by molar-refractivity contribution is -0.163. The molecule has 3 rings (SSSR count). The number of ether oxygens (including phenoxy) is 2. The summed E-state index contributed by atoms with van der Waals surface area (Å²) in [6, 6.07) is 14.3. The fourth-order valence-corrected chi connectivity index (χ4v) is 2.62. The Morgan fingerprint density at radius 1 is 1.04 bits per heavy atom. The molecule has 2 atom stereocenters. The summed E-state index contributed by atoms with van der Waals surface area (Å²) in [7, 11) is 3.06. The number of fused-ring (bicyclic) bond motifs is 1. The van der Waals surface area contributed by atoms with Crippen LogP contribution in [0.4, 0.5) is 5.69 Å². The smallest absolute Gasteiger partial charge is 0.214 e. The van der Waals surface area contributed by atoms with Crippen molar-refractivity contribution in [1.29, 1.82) is 0 Å². The summed E-state index contributed by atoms with van der Waals surface area (Å²) >= 11 is 0. The number of rotatable bonds is 4. The summed E-state index contributed by atoms with van der Waals surface area (Å²) in [6.07, 6.45) is 3.36. The zero-order chi connectivity index (χ0) is 16.3. The van der Waals surface area contributed by atoms with E-state index in [1.807, 2.05) is 48.5 Å². The lowest BCUT2D eigenvalue weighted by atomic mass is 9.88. The number of benzene rings is 2. The minimum Gasteiger partial charge on any atom is -0.496 e. The van der Waals surface area contributed by atoms with Crippen LogP contribution in [0.15, 0.2) is 64.8 Å². The molecule has 2 aromatic carbocycles. The van der Waals surface area contributed by atoms with Crippen LogP contribution in [0.5, 0.6) is 5.75 Å². The molecule has 5 nitrogen and oxygen atoms in total. The molecular weight excluding hydrogens is 292 g/mol. The molecule has 0 saturated heterocycles. The zero-order valence-corrected chi connectivity index (χ0v) is 13.0. The van der Waals surface area contributed by atoms with Crippen molar-refractivity contribution in [3.63, 3.8) is 0 Å². The number of hydrogen-bond donors (Lipinski definition) is 1. The molecule has 0 radical (unpaired) electrons. The normalized spacial score (nSPS) is 23.0. The van der Waals surface area contributed by atoms with Gasteiger partial charge in [-0.3, -0.25) is 0 Å². The van der Waals surface area contributed by atoms with E-state index < -0.39 is 11.8 Å². The fraction of sp³-hybridized carbons (Fsp3) is 0.222. The van der Waals surface area contributed by atoms with E-state index in [2.05, 4.69) is 10.2 Å². The molecule has 118 valence electrons. The van der Waals surface area contributed by atoms with E-state index in [-0.39, 0.29) is 0 Å². The van der Waals surface area contributed by atoms with Crippen molar-refractivity contribution in [3.8, 4) is 5.75 Å². The standard InChI is InChI=1S/C18H18N2O3/c1-22-16-10-6-9-15-14(16)11-12-18(21,23-2)17(15)20-19-13-7-4-3-5-8-13/h3-12,17,21H,1-2H3. The predicted octanol–water partition coefficient (Wildman–Crippen LogP) is 3.88. The van der Waals surface area contributed by atoms with E-state index in [0.29, 0.717) is 5.69 Å². The van der Waals surface area contributed by atoms with Crippen LogP contribution in [-0.2, 0) is 4.74 Å². The molecule has 0 fully saturated rings. The molecule has 1 aliphatic carbocycles. The summed E-state index contributed by atoms with van der Waals surface area (Å²) in [5.41, 5.74) is 2.38. The SMILES string of the molecule is COc1cccc2c1C=CC(O)(OC)C2N=Nc1ccccc1. The van der Waals surface area contributed by atoms with Gasteiger partial charge in [-0.25, -0.2) is 0 Å². The van der Waals surface area contributed by atoms with Crippen molar-refractivity contribution in [2.24, 2.45) is 10.2 Å². The summed E-state index contributed by atoms with van der Waals surface area (Å²) in [4.78, 5) is 0. The second kappa shape index (κ2) is 6.32. The molecule has 1 N–H and O–H groups in total. The van der Waals surface area contributed by atoms with Crippen LogP contribution < -0.4 is 4.74 Å². The number of hydrogen-bond acceptors (Lipinski definition) is 5. The van der Waals surface area contributed by atoms with E-state index in [4.69, 9.17) is 9.47 Å². The zero-order valence-electron chi connectivity index (χ0n) is 13.0. The molecule has 0 amide bonds. The number of methoxy groups -OCH3 is 2. The van der Waals surface area contributed by atoms with Crippen LogP contribution >= 0.6 is 0 Å². The van der Waals surface area contributed by atoms with Gasteiger partial charge in [0.15, 0.2) is 6.04 Å². The first-order valence-corrected chi connectivity index (χ1v) is 7.27. The van der Waals surface area contributed by atoms with Gasteiger partial charge in [-0.2, -0.15) is 10.2 Å². The molecule has 23 heavy (non-hydrogen) atoms. The van der Waals surface area contributed by atoms with Crippen molar-refractivity contribution in [3.05, 3.63) is 65.7 Å². The highest BCUT2D eigenvalue weighted by molar-refractivity contribution is 5.66. The Labute approximate surface area is 134 Å². The molecule has 0 spiro atoms. The molecule has 0 heterocycles. The van der Waals surface area contributed by atoms with Crippen LogP contribution in [0.3, 0.4) is 0 Å². The van der Waals surface area contributed by atoms with Crippen molar-refractivity contribution in [1.82, 2.24) is 0 Å². The predicted molar refractivity (Wildman–Crippen MR) is 87.7 cm³/mol. The molecule has 5 heteroatoms. The Balaban J connectivity index is 2.05. The van der Waals surface area contributed by atoms with E-state index in [1.54, 1.807) is 19.3 Å². The minimum atomic E-state index is -1.54. The van der Waals surface area contributed by atoms with Crippen molar-refractivity contribution >= 4 is 11.8 Å². The van der Waals surface area contributed by atoms with Crippen LogP contribution in [-0.4, -0.2) is 25.1 Å². The maximum Gasteiger partial charge on any atom is 0.214 e. The van der Waals surface area contributed by atoms with Crippen LogP contribution in [0.25, 0.3) is 6.08 Å². The van der Waals surface area contributed by atoms with Gasteiger partial charge < -0.3 is 14.6 Å².